The molecule has 0 saturated heterocycles. The zero-order valence-electron chi connectivity index (χ0n) is 8.72. The molecule has 0 amide bonds. The number of hydrogen-bond donors (Lipinski definition) is 0. The normalized spacial score (nSPS) is 28.9. The molecule has 1 unspecified atom stereocenters. The van der Waals surface area contributed by atoms with E-state index in [1.807, 2.05) is 6.21 Å². The highest BCUT2D eigenvalue weighted by atomic mass is 16.5. The van der Waals surface area contributed by atoms with E-state index in [1.165, 1.54) is 0 Å². The summed E-state index contributed by atoms with van der Waals surface area (Å²) in [7, 11) is 0. The first kappa shape index (κ1) is 9.72. The summed E-state index contributed by atoms with van der Waals surface area (Å²) in [4.78, 5) is 4.41. The van der Waals surface area contributed by atoms with E-state index < -0.39 is 0 Å². The molecule has 1 aliphatic heterocycles. The van der Waals surface area contributed by atoms with Gasteiger partial charge in [-0.05, 0) is 0 Å². The smallest absolute Gasteiger partial charge is 0.152 e. The molecular formula is C10H19NO. The molecule has 0 saturated carbocycles. The third kappa shape index (κ3) is 2.31. The second-order valence-electron chi connectivity index (χ2n) is 5.30. The Morgan fingerprint density at radius 3 is 2.33 bits per heavy atom. The van der Waals surface area contributed by atoms with Crippen LogP contribution >= 0.6 is 0 Å². The maximum atomic E-state index is 5.66. The van der Waals surface area contributed by atoms with Crippen molar-refractivity contribution >= 4 is 6.21 Å². The molecule has 2 heteroatoms. The third-order valence-electron chi connectivity index (χ3n) is 1.91. The largest absolute Gasteiger partial charge is 0.355 e. The molecule has 0 spiro atoms. The van der Waals surface area contributed by atoms with E-state index in [-0.39, 0.29) is 17.1 Å². The van der Waals surface area contributed by atoms with Gasteiger partial charge < -0.3 is 4.74 Å². The Hall–Kier alpha value is -0.370. The number of ether oxygens (including phenoxy) is 1. The Kier molecular flexibility index (Phi) is 2.30. The van der Waals surface area contributed by atoms with Crippen LogP contribution in [0, 0.1) is 10.8 Å². The minimum absolute atomic E-state index is 0.0329. The number of rotatable bonds is 0. The number of nitrogens with zero attached hydrogens (tertiary/aromatic N) is 1. The maximum Gasteiger partial charge on any atom is 0.152 e. The van der Waals surface area contributed by atoms with Gasteiger partial charge in [-0.3, -0.25) is 4.99 Å². The van der Waals surface area contributed by atoms with E-state index in [9.17, 15) is 0 Å². The minimum atomic E-state index is 0.0329. The molecule has 1 atom stereocenters. The van der Waals surface area contributed by atoms with Gasteiger partial charge in [0.05, 0.1) is 6.61 Å². The first-order valence-electron chi connectivity index (χ1n) is 4.47. The average molecular weight is 169 g/mol. The molecule has 1 heterocycles. The van der Waals surface area contributed by atoms with Gasteiger partial charge in [0, 0.05) is 17.0 Å². The van der Waals surface area contributed by atoms with Crippen molar-refractivity contribution in [1.29, 1.82) is 0 Å². The van der Waals surface area contributed by atoms with Crippen LogP contribution in [0.15, 0.2) is 4.99 Å². The lowest BCUT2D eigenvalue weighted by Crippen LogP contribution is -2.37. The zero-order valence-corrected chi connectivity index (χ0v) is 8.72. The first-order chi connectivity index (χ1) is 5.31. The molecule has 2 nitrogen and oxygen atoms in total. The number of aliphatic imine (C=N–C) groups is 1. The Morgan fingerprint density at radius 2 is 2.00 bits per heavy atom. The summed E-state index contributed by atoms with van der Waals surface area (Å²) in [5.74, 6) is 0. The molecule has 0 fully saturated rings. The summed E-state index contributed by atoms with van der Waals surface area (Å²) in [6.45, 7) is 11.5. The van der Waals surface area contributed by atoms with Crippen LogP contribution in [0.3, 0.4) is 0 Å². The Labute approximate surface area is 75.0 Å². The van der Waals surface area contributed by atoms with Crippen LogP contribution in [0.5, 0.6) is 0 Å². The molecule has 0 radical (unpaired) electrons. The molecule has 0 bridgehead atoms. The molecule has 1 aliphatic rings. The SMILES string of the molecule is CC1(C)C=NC(C(C)(C)C)OC1. The predicted molar refractivity (Wildman–Crippen MR) is 51.5 cm³/mol. The molecule has 1 rings (SSSR count). The van der Waals surface area contributed by atoms with Crippen molar-refractivity contribution in [3.63, 3.8) is 0 Å². The van der Waals surface area contributed by atoms with E-state index >= 15 is 0 Å². The molecular weight excluding hydrogens is 150 g/mol. The van der Waals surface area contributed by atoms with Gasteiger partial charge in [0.1, 0.15) is 0 Å². The molecule has 0 aromatic heterocycles. The van der Waals surface area contributed by atoms with E-state index in [4.69, 9.17) is 4.74 Å². The van der Waals surface area contributed by atoms with Gasteiger partial charge in [0.25, 0.3) is 0 Å². The van der Waals surface area contributed by atoms with Gasteiger partial charge in [-0.2, -0.15) is 0 Å². The third-order valence-corrected chi connectivity index (χ3v) is 1.91. The number of hydrogen-bond acceptors (Lipinski definition) is 2. The fraction of sp³-hybridized carbons (Fsp3) is 0.900. The van der Waals surface area contributed by atoms with Crippen LogP contribution in [-0.4, -0.2) is 19.0 Å². The lowest BCUT2D eigenvalue weighted by atomic mass is 9.91. The lowest BCUT2D eigenvalue weighted by molar-refractivity contribution is -0.0423. The van der Waals surface area contributed by atoms with E-state index in [0.717, 1.165) is 6.61 Å². The molecule has 0 aliphatic carbocycles. The molecule has 0 aromatic carbocycles. The van der Waals surface area contributed by atoms with Gasteiger partial charge in [-0.1, -0.05) is 34.6 Å². The summed E-state index contributed by atoms with van der Waals surface area (Å²) in [6, 6.07) is 0. The fourth-order valence-corrected chi connectivity index (χ4v) is 1.12. The van der Waals surface area contributed by atoms with Crippen LogP contribution in [0.2, 0.25) is 0 Å². The van der Waals surface area contributed by atoms with Crippen molar-refractivity contribution in [3.05, 3.63) is 0 Å². The summed E-state index contributed by atoms with van der Waals surface area (Å²) in [6.07, 6.45) is 2.05. The van der Waals surface area contributed by atoms with Gasteiger partial charge >= 0.3 is 0 Å². The average Bonchev–Trinajstić information content (AvgIpc) is 1.83. The maximum absolute atomic E-state index is 5.66. The highest BCUT2D eigenvalue weighted by molar-refractivity contribution is 5.65. The first-order valence-corrected chi connectivity index (χ1v) is 4.47. The lowest BCUT2D eigenvalue weighted by Gasteiger charge is -2.34. The zero-order chi connectivity index (χ0) is 9.41. The van der Waals surface area contributed by atoms with Crippen LogP contribution in [0.25, 0.3) is 0 Å². The Balaban J connectivity index is 2.67. The molecule has 0 N–H and O–H groups in total. The van der Waals surface area contributed by atoms with Crippen molar-refractivity contribution in [1.82, 2.24) is 0 Å². The van der Waals surface area contributed by atoms with E-state index in [1.54, 1.807) is 0 Å². The van der Waals surface area contributed by atoms with E-state index in [2.05, 4.69) is 39.6 Å². The molecule has 12 heavy (non-hydrogen) atoms. The standard InChI is InChI=1S/C10H19NO/c1-9(2,3)8-11-6-10(4,5)7-12-8/h6,8H,7H2,1-5H3. The van der Waals surface area contributed by atoms with Crippen molar-refractivity contribution in [2.24, 2.45) is 15.8 Å². The highest BCUT2D eigenvalue weighted by Gasteiger charge is 2.30. The van der Waals surface area contributed by atoms with Crippen LogP contribution in [-0.2, 0) is 4.74 Å². The monoisotopic (exact) mass is 169 g/mol. The fourth-order valence-electron chi connectivity index (χ4n) is 1.12. The van der Waals surface area contributed by atoms with E-state index in [0.29, 0.717) is 0 Å². The van der Waals surface area contributed by atoms with Crippen LogP contribution in [0.1, 0.15) is 34.6 Å². The summed E-state index contributed by atoms with van der Waals surface area (Å²) in [5, 5.41) is 0. The topological polar surface area (TPSA) is 21.6 Å². The van der Waals surface area contributed by atoms with Gasteiger partial charge in [0.15, 0.2) is 6.23 Å². The van der Waals surface area contributed by atoms with Gasteiger partial charge in [0.2, 0.25) is 0 Å². The Morgan fingerprint density at radius 1 is 1.42 bits per heavy atom. The van der Waals surface area contributed by atoms with Crippen molar-refractivity contribution in [2.45, 2.75) is 40.8 Å². The quantitative estimate of drug-likeness (QED) is 0.546. The van der Waals surface area contributed by atoms with Crippen molar-refractivity contribution < 1.29 is 4.74 Å². The molecule has 0 aromatic rings. The van der Waals surface area contributed by atoms with Crippen molar-refractivity contribution in [2.75, 3.05) is 6.61 Å². The summed E-state index contributed by atoms with van der Waals surface area (Å²) in [5.41, 5.74) is 0.231. The predicted octanol–water partition coefficient (Wildman–Crippen LogP) is 2.49. The van der Waals surface area contributed by atoms with Crippen molar-refractivity contribution in [3.8, 4) is 0 Å². The van der Waals surface area contributed by atoms with Gasteiger partial charge in [-0.25, -0.2) is 0 Å². The van der Waals surface area contributed by atoms with Gasteiger partial charge in [-0.15, -0.1) is 0 Å². The second-order valence-corrected chi connectivity index (χ2v) is 5.30. The molecule has 70 valence electrons. The van der Waals surface area contributed by atoms with Crippen LogP contribution < -0.4 is 0 Å². The highest BCUT2D eigenvalue weighted by Crippen LogP contribution is 2.29. The van der Waals surface area contributed by atoms with Crippen LogP contribution in [0.4, 0.5) is 0 Å². The Bertz CT molecular complexity index is 189. The summed E-state index contributed by atoms with van der Waals surface area (Å²) >= 11 is 0. The minimum Gasteiger partial charge on any atom is -0.355 e. The second kappa shape index (κ2) is 2.84. The summed E-state index contributed by atoms with van der Waals surface area (Å²) < 4.78 is 5.66.